The summed E-state index contributed by atoms with van der Waals surface area (Å²) in [5, 5.41) is 27.0. The van der Waals surface area contributed by atoms with Crippen LogP contribution in [0.5, 0.6) is 0 Å². The van der Waals surface area contributed by atoms with Crippen molar-refractivity contribution >= 4 is 0 Å². The maximum atomic E-state index is 8.99. The number of fused-ring (bicyclic) bond motifs is 2. The molecule has 0 amide bonds. The van der Waals surface area contributed by atoms with E-state index >= 15 is 0 Å². The van der Waals surface area contributed by atoms with Crippen LogP contribution in [-0.4, -0.2) is 46.2 Å². The summed E-state index contributed by atoms with van der Waals surface area (Å²) in [6.45, 7) is 0. The molecule has 0 radical (unpaired) electrons. The number of aliphatic hydroxyl groups excluding tert-OH is 3. The van der Waals surface area contributed by atoms with E-state index in [1.165, 1.54) is 0 Å². The van der Waals surface area contributed by atoms with E-state index in [4.69, 9.17) is 24.8 Å². The number of ether oxygens (including phenoxy) is 2. The quantitative estimate of drug-likeness (QED) is 0.362. The Balaban J connectivity index is 2.11. The molecule has 2 bridgehead atoms. The first-order valence-electron chi connectivity index (χ1n) is 3.05. The Kier molecular flexibility index (Phi) is 1.23. The molecule has 5 heteroatoms. The lowest BCUT2D eigenvalue weighted by Gasteiger charge is -2.48. The molecule has 5 nitrogen and oxygen atoms in total. The molecular weight excluding hydrogens is 140 g/mol. The Labute approximate surface area is 56.8 Å². The SMILES string of the molecule is OC1C2OC(O2)C(O)C1O. The predicted octanol–water partition coefficient (Wildman–Crippen LogP) is -2.22. The van der Waals surface area contributed by atoms with Gasteiger partial charge in [-0.05, 0) is 0 Å². The minimum atomic E-state index is -1.14. The lowest BCUT2D eigenvalue weighted by molar-refractivity contribution is -0.467. The number of hydrogen-bond acceptors (Lipinski definition) is 5. The average Bonchev–Trinajstić information content (AvgIpc) is 1.78. The Morgan fingerprint density at radius 2 is 1.10 bits per heavy atom. The van der Waals surface area contributed by atoms with Gasteiger partial charge in [0.15, 0.2) is 12.6 Å². The lowest BCUT2D eigenvalue weighted by Crippen LogP contribution is -2.67. The van der Waals surface area contributed by atoms with Gasteiger partial charge in [0.1, 0.15) is 18.3 Å². The largest absolute Gasteiger partial charge is 0.387 e. The van der Waals surface area contributed by atoms with Gasteiger partial charge in [0, 0.05) is 0 Å². The minimum Gasteiger partial charge on any atom is -0.387 e. The van der Waals surface area contributed by atoms with E-state index in [0.29, 0.717) is 0 Å². The van der Waals surface area contributed by atoms with Crippen LogP contribution in [0.3, 0.4) is 0 Å². The monoisotopic (exact) mass is 148 g/mol. The van der Waals surface area contributed by atoms with E-state index in [1.54, 1.807) is 0 Å². The lowest BCUT2D eigenvalue weighted by atomic mass is 10.0. The van der Waals surface area contributed by atoms with Crippen LogP contribution in [-0.2, 0) is 9.47 Å². The summed E-state index contributed by atoms with van der Waals surface area (Å²) < 4.78 is 9.58. The van der Waals surface area contributed by atoms with Gasteiger partial charge in [-0.1, -0.05) is 0 Å². The second-order valence-corrected chi connectivity index (χ2v) is 2.48. The summed E-state index contributed by atoms with van der Waals surface area (Å²) in [7, 11) is 0. The second kappa shape index (κ2) is 1.90. The Hall–Kier alpha value is -0.200. The van der Waals surface area contributed by atoms with Crippen molar-refractivity contribution in [1.29, 1.82) is 0 Å². The molecule has 3 saturated heterocycles. The van der Waals surface area contributed by atoms with Crippen LogP contribution in [0.4, 0.5) is 0 Å². The first-order chi connectivity index (χ1) is 4.70. The third-order valence-corrected chi connectivity index (χ3v) is 1.79. The molecule has 0 spiro atoms. The summed E-state index contributed by atoms with van der Waals surface area (Å²) in [5.74, 6) is 0. The van der Waals surface area contributed by atoms with Crippen LogP contribution < -0.4 is 0 Å². The Morgan fingerprint density at radius 3 is 1.40 bits per heavy atom. The zero-order valence-corrected chi connectivity index (χ0v) is 5.04. The predicted molar refractivity (Wildman–Crippen MR) is 27.8 cm³/mol. The van der Waals surface area contributed by atoms with Gasteiger partial charge in [0.05, 0.1) is 0 Å². The summed E-state index contributed by atoms with van der Waals surface area (Å²) in [5.41, 5.74) is 0. The van der Waals surface area contributed by atoms with Crippen LogP contribution >= 0.6 is 0 Å². The van der Waals surface area contributed by atoms with E-state index in [1.807, 2.05) is 0 Å². The highest BCUT2D eigenvalue weighted by Gasteiger charge is 2.53. The van der Waals surface area contributed by atoms with Gasteiger partial charge in [-0.2, -0.15) is 0 Å². The standard InChI is InChI=1S/C5H8O5/c6-1-2(7)4-9-5(10-4)3(1)8/h1-8H. The molecular formula is C5H8O5. The van der Waals surface area contributed by atoms with Gasteiger partial charge >= 0.3 is 0 Å². The van der Waals surface area contributed by atoms with Gasteiger partial charge in [0.2, 0.25) is 0 Å². The number of aliphatic hydroxyl groups is 3. The molecule has 3 fully saturated rings. The van der Waals surface area contributed by atoms with Crippen molar-refractivity contribution < 1.29 is 24.8 Å². The van der Waals surface area contributed by atoms with Crippen LogP contribution in [0.15, 0.2) is 0 Å². The molecule has 2 unspecified atom stereocenters. The van der Waals surface area contributed by atoms with Crippen molar-refractivity contribution in [1.82, 2.24) is 0 Å². The molecule has 2 atom stereocenters. The zero-order valence-electron chi connectivity index (χ0n) is 5.04. The molecule has 58 valence electrons. The smallest absolute Gasteiger partial charge is 0.192 e. The molecule has 0 aliphatic carbocycles. The number of hydrogen-bond donors (Lipinski definition) is 3. The molecule has 0 aromatic rings. The molecule has 3 rings (SSSR count). The van der Waals surface area contributed by atoms with E-state index in [-0.39, 0.29) is 0 Å². The highest BCUT2D eigenvalue weighted by atomic mass is 16.9. The fourth-order valence-electron chi connectivity index (χ4n) is 1.12. The highest BCUT2D eigenvalue weighted by molar-refractivity contribution is 4.91. The van der Waals surface area contributed by atoms with Crippen molar-refractivity contribution in [2.75, 3.05) is 0 Å². The summed E-state index contributed by atoms with van der Waals surface area (Å²) in [4.78, 5) is 0. The van der Waals surface area contributed by atoms with Gasteiger partial charge in [-0.15, -0.1) is 0 Å². The Bertz CT molecular complexity index is 125. The van der Waals surface area contributed by atoms with Gasteiger partial charge < -0.3 is 24.8 Å². The van der Waals surface area contributed by atoms with Crippen molar-refractivity contribution in [3.05, 3.63) is 0 Å². The first-order valence-corrected chi connectivity index (χ1v) is 3.05. The molecule has 0 aromatic carbocycles. The fourth-order valence-corrected chi connectivity index (χ4v) is 1.12. The second-order valence-electron chi connectivity index (χ2n) is 2.48. The molecule has 3 aliphatic heterocycles. The van der Waals surface area contributed by atoms with E-state index < -0.39 is 30.9 Å². The third-order valence-electron chi connectivity index (χ3n) is 1.79. The van der Waals surface area contributed by atoms with Crippen LogP contribution in [0.25, 0.3) is 0 Å². The molecule has 10 heavy (non-hydrogen) atoms. The van der Waals surface area contributed by atoms with E-state index in [9.17, 15) is 0 Å². The normalized spacial score (nSPS) is 59.7. The molecule has 3 N–H and O–H groups in total. The summed E-state index contributed by atoms with van der Waals surface area (Å²) >= 11 is 0. The molecule has 0 saturated carbocycles. The van der Waals surface area contributed by atoms with Crippen molar-refractivity contribution in [2.45, 2.75) is 30.9 Å². The van der Waals surface area contributed by atoms with Crippen LogP contribution in [0, 0.1) is 0 Å². The van der Waals surface area contributed by atoms with Crippen LogP contribution in [0.2, 0.25) is 0 Å². The topological polar surface area (TPSA) is 79.2 Å². The summed E-state index contributed by atoms with van der Waals surface area (Å²) in [6.07, 6.45) is -4.88. The summed E-state index contributed by atoms with van der Waals surface area (Å²) in [6, 6.07) is 0. The Morgan fingerprint density at radius 1 is 0.700 bits per heavy atom. The first kappa shape index (κ1) is 6.51. The van der Waals surface area contributed by atoms with Gasteiger partial charge in [0.25, 0.3) is 0 Å². The van der Waals surface area contributed by atoms with Crippen LogP contribution in [0.1, 0.15) is 0 Å². The minimum absolute atomic E-state index is 0.747. The van der Waals surface area contributed by atoms with Gasteiger partial charge in [-0.25, -0.2) is 0 Å². The zero-order chi connectivity index (χ0) is 7.30. The van der Waals surface area contributed by atoms with E-state index in [2.05, 4.69) is 0 Å². The van der Waals surface area contributed by atoms with Crippen molar-refractivity contribution in [2.24, 2.45) is 0 Å². The van der Waals surface area contributed by atoms with Crippen molar-refractivity contribution in [3.63, 3.8) is 0 Å². The fraction of sp³-hybridized carbons (Fsp3) is 1.00. The molecule has 3 heterocycles. The molecule has 3 aliphatic rings. The third kappa shape index (κ3) is 0.637. The highest BCUT2D eigenvalue weighted by Crippen LogP contribution is 2.32. The molecule has 0 aromatic heterocycles. The maximum absolute atomic E-state index is 8.99. The van der Waals surface area contributed by atoms with Crippen molar-refractivity contribution in [3.8, 4) is 0 Å². The maximum Gasteiger partial charge on any atom is 0.192 e. The average molecular weight is 148 g/mol. The number of rotatable bonds is 0. The van der Waals surface area contributed by atoms with Gasteiger partial charge in [-0.3, -0.25) is 0 Å². The van der Waals surface area contributed by atoms with E-state index in [0.717, 1.165) is 0 Å².